The molecule has 5 nitrogen and oxygen atoms in total. The summed E-state index contributed by atoms with van der Waals surface area (Å²) in [5.41, 5.74) is 5.61. The standard InChI is InChI=1S/C29H25NO4/c1-19-14-20(2)16-22(15-19)25-17-23(34-30-25)18-32-29-27(13-12-21-8-4-3-5-9-21)33-26-11-7-6-10-24(26)28(29)31/h3-16,23H,17-18H2,1-2H3/b13-12+. The third-order valence-corrected chi connectivity index (χ3v) is 5.71. The average Bonchev–Trinajstić information content (AvgIpc) is 3.32. The number of aryl methyl sites for hydroxylation is 2. The van der Waals surface area contributed by atoms with Gasteiger partial charge in [0.15, 0.2) is 11.9 Å². The van der Waals surface area contributed by atoms with Crippen LogP contribution in [0.15, 0.2) is 87.2 Å². The number of rotatable bonds is 6. The molecule has 0 aliphatic carbocycles. The Kier molecular flexibility index (Phi) is 6.00. The van der Waals surface area contributed by atoms with Gasteiger partial charge in [-0.05, 0) is 43.2 Å². The highest BCUT2D eigenvalue weighted by molar-refractivity contribution is 6.01. The highest BCUT2D eigenvalue weighted by atomic mass is 16.7. The van der Waals surface area contributed by atoms with E-state index in [1.165, 1.54) is 11.1 Å². The zero-order valence-electron chi connectivity index (χ0n) is 19.2. The summed E-state index contributed by atoms with van der Waals surface area (Å²) in [6, 6.07) is 23.3. The first kappa shape index (κ1) is 21.7. The first-order valence-corrected chi connectivity index (χ1v) is 11.3. The maximum atomic E-state index is 13.2. The van der Waals surface area contributed by atoms with Crippen LogP contribution in [0.25, 0.3) is 23.1 Å². The van der Waals surface area contributed by atoms with Crippen molar-refractivity contribution in [3.63, 3.8) is 0 Å². The first-order chi connectivity index (χ1) is 16.6. The maximum absolute atomic E-state index is 13.2. The lowest BCUT2D eigenvalue weighted by Gasteiger charge is -2.12. The van der Waals surface area contributed by atoms with E-state index < -0.39 is 0 Å². The summed E-state index contributed by atoms with van der Waals surface area (Å²) in [5.74, 6) is 0.551. The molecule has 0 fully saturated rings. The Balaban J connectivity index is 1.38. The topological polar surface area (TPSA) is 61.0 Å². The SMILES string of the molecule is Cc1cc(C)cc(C2=NOC(COc3c(/C=C/c4ccccc4)oc4ccccc4c3=O)C2)c1. The molecule has 0 amide bonds. The van der Waals surface area contributed by atoms with Crippen molar-refractivity contribution in [1.82, 2.24) is 0 Å². The van der Waals surface area contributed by atoms with Crippen LogP contribution in [-0.4, -0.2) is 18.4 Å². The quantitative estimate of drug-likeness (QED) is 0.353. The Morgan fingerprint density at radius 3 is 2.50 bits per heavy atom. The van der Waals surface area contributed by atoms with Gasteiger partial charge in [-0.2, -0.15) is 0 Å². The Hall–Kier alpha value is -4.12. The van der Waals surface area contributed by atoms with Gasteiger partial charge in [0.25, 0.3) is 0 Å². The second-order valence-corrected chi connectivity index (χ2v) is 8.52. The Morgan fingerprint density at radius 2 is 1.71 bits per heavy atom. The fourth-order valence-electron chi connectivity index (χ4n) is 4.13. The number of oxime groups is 1. The van der Waals surface area contributed by atoms with Gasteiger partial charge in [-0.15, -0.1) is 0 Å². The van der Waals surface area contributed by atoms with Crippen LogP contribution < -0.4 is 10.2 Å². The first-order valence-electron chi connectivity index (χ1n) is 11.3. The minimum atomic E-state index is -0.285. The summed E-state index contributed by atoms with van der Waals surface area (Å²) in [7, 11) is 0. The van der Waals surface area contributed by atoms with Crippen LogP contribution in [0.1, 0.15) is 34.4 Å². The molecule has 1 aliphatic rings. The number of nitrogens with zero attached hydrogens (tertiary/aromatic N) is 1. The molecule has 0 radical (unpaired) electrons. The number of hydrogen-bond donors (Lipinski definition) is 0. The molecule has 0 N–H and O–H groups in total. The second kappa shape index (κ2) is 9.40. The van der Waals surface area contributed by atoms with Crippen molar-refractivity contribution in [3.8, 4) is 5.75 Å². The van der Waals surface area contributed by atoms with Gasteiger partial charge < -0.3 is 14.0 Å². The Labute approximate surface area is 197 Å². The van der Waals surface area contributed by atoms with E-state index in [0.717, 1.165) is 16.8 Å². The summed E-state index contributed by atoms with van der Waals surface area (Å²) in [4.78, 5) is 18.9. The molecule has 0 saturated heterocycles. The van der Waals surface area contributed by atoms with Crippen molar-refractivity contribution in [2.75, 3.05) is 6.61 Å². The van der Waals surface area contributed by atoms with Gasteiger partial charge in [-0.25, -0.2) is 0 Å². The lowest BCUT2D eigenvalue weighted by atomic mass is 10.0. The summed E-state index contributed by atoms with van der Waals surface area (Å²) in [6.45, 7) is 4.32. The zero-order chi connectivity index (χ0) is 23.5. The van der Waals surface area contributed by atoms with Crippen LogP contribution in [0.4, 0.5) is 0 Å². The number of para-hydroxylation sites is 1. The van der Waals surface area contributed by atoms with E-state index in [4.69, 9.17) is 14.0 Å². The molecule has 0 spiro atoms. The third-order valence-electron chi connectivity index (χ3n) is 5.71. The fourth-order valence-corrected chi connectivity index (χ4v) is 4.13. The summed E-state index contributed by atoms with van der Waals surface area (Å²) < 4.78 is 12.1. The molecule has 0 saturated carbocycles. The molecule has 1 aliphatic heterocycles. The summed E-state index contributed by atoms with van der Waals surface area (Å²) in [6.07, 6.45) is 3.99. The average molecular weight is 452 g/mol. The Morgan fingerprint density at radius 1 is 0.971 bits per heavy atom. The third kappa shape index (κ3) is 4.64. The molecule has 1 aromatic heterocycles. The zero-order valence-corrected chi connectivity index (χ0v) is 19.2. The maximum Gasteiger partial charge on any atom is 0.235 e. The number of hydrogen-bond acceptors (Lipinski definition) is 5. The van der Waals surface area contributed by atoms with E-state index in [-0.39, 0.29) is 23.9 Å². The fraction of sp³-hybridized carbons (Fsp3) is 0.172. The predicted octanol–water partition coefficient (Wildman–Crippen LogP) is 6.15. The lowest BCUT2D eigenvalue weighted by molar-refractivity contribution is 0.0462. The van der Waals surface area contributed by atoms with Crippen molar-refractivity contribution >= 4 is 28.8 Å². The van der Waals surface area contributed by atoms with E-state index in [2.05, 4.69) is 37.2 Å². The van der Waals surface area contributed by atoms with E-state index >= 15 is 0 Å². The summed E-state index contributed by atoms with van der Waals surface area (Å²) >= 11 is 0. The van der Waals surface area contributed by atoms with Gasteiger partial charge >= 0.3 is 0 Å². The monoisotopic (exact) mass is 451 g/mol. The molecule has 5 rings (SSSR count). The number of ether oxygens (including phenoxy) is 1. The van der Waals surface area contributed by atoms with Gasteiger partial charge in [0.2, 0.25) is 11.2 Å². The van der Waals surface area contributed by atoms with Crippen molar-refractivity contribution in [2.45, 2.75) is 26.4 Å². The van der Waals surface area contributed by atoms with Crippen LogP contribution in [-0.2, 0) is 4.84 Å². The highest BCUT2D eigenvalue weighted by Crippen LogP contribution is 2.25. The minimum absolute atomic E-state index is 0.175. The molecule has 2 heterocycles. The van der Waals surface area contributed by atoms with Crippen molar-refractivity contribution in [2.24, 2.45) is 5.16 Å². The largest absolute Gasteiger partial charge is 0.482 e. The van der Waals surface area contributed by atoms with E-state index in [1.807, 2.05) is 48.5 Å². The van der Waals surface area contributed by atoms with Crippen LogP contribution in [0.5, 0.6) is 5.75 Å². The van der Waals surface area contributed by atoms with E-state index in [9.17, 15) is 4.79 Å². The van der Waals surface area contributed by atoms with Crippen molar-refractivity contribution < 1.29 is 14.0 Å². The normalized spacial score (nSPS) is 15.5. The Bertz CT molecular complexity index is 1430. The van der Waals surface area contributed by atoms with Crippen LogP contribution in [0, 0.1) is 13.8 Å². The van der Waals surface area contributed by atoms with Gasteiger partial charge in [-0.3, -0.25) is 4.79 Å². The van der Waals surface area contributed by atoms with Gasteiger partial charge in [-0.1, -0.05) is 83.0 Å². The lowest BCUT2D eigenvalue weighted by Crippen LogP contribution is -2.21. The van der Waals surface area contributed by atoms with E-state index in [1.54, 1.807) is 18.2 Å². The van der Waals surface area contributed by atoms with Crippen molar-refractivity contribution in [1.29, 1.82) is 0 Å². The number of benzene rings is 3. The predicted molar refractivity (Wildman–Crippen MR) is 135 cm³/mol. The van der Waals surface area contributed by atoms with Gasteiger partial charge in [0.05, 0.1) is 11.1 Å². The molecule has 34 heavy (non-hydrogen) atoms. The summed E-state index contributed by atoms with van der Waals surface area (Å²) in [5, 5.41) is 4.75. The molecular weight excluding hydrogens is 426 g/mol. The molecule has 170 valence electrons. The molecule has 4 aromatic rings. The molecule has 5 heteroatoms. The van der Waals surface area contributed by atoms with Crippen molar-refractivity contribution in [3.05, 3.63) is 111 Å². The van der Waals surface area contributed by atoms with E-state index in [0.29, 0.717) is 23.2 Å². The molecule has 1 atom stereocenters. The van der Waals surface area contributed by atoms with Crippen LogP contribution in [0.3, 0.4) is 0 Å². The number of fused-ring (bicyclic) bond motifs is 1. The van der Waals surface area contributed by atoms with Gasteiger partial charge in [0, 0.05) is 6.42 Å². The van der Waals surface area contributed by atoms with Gasteiger partial charge in [0.1, 0.15) is 12.2 Å². The smallest absolute Gasteiger partial charge is 0.235 e. The second-order valence-electron chi connectivity index (χ2n) is 8.52. The minimum Gasteiger partial charge on any atom is -0.482 e. The highest BCUT2D eigenvalue weighted by Gasteiger charge is 2.25. The van der Waals surface area contributed by atoms with Crippen LogP contribution in [0.2, 0.25) is 0 Å². The molecule has 3 aromatic carbocycles. The molecule has 1 unspecified atom stereocenters. The molecule has 0 bridgehead atoms. The van der Waals surface area contributed by atoms with Crippen LogP contribution >= 0.6 is 0 Å². The molecular formula is C29H25NO4.